The highest BCUT2D eigenvalue weighted by atomic mass is 16.5. The van der Waals surface area contributed by atoms with Crippen molar-refractivity contribution in [1.29, 1.82) is 0 Å². The Bertz CT molecular complexity index is 885. The highest BCUT2D eigenvalue weighted by Gasteiger charge is 2.54. The lowest BCUT2D eigenvalue weighted by Gasteiger charge is -2.28. The van der Waals surface area contributed by atoms with Crippen molar-refractivity contribution in [2.45, 2.75) is 26.2 Å². The minimum atomic E-state index is -0.433. The van der Waals surface area contributed by atoms with Crippen molar-refractivity contribution in [3.8, 4) is 0 Å². The predicted molar refractivity (Wildman–Crippen MR) is 105 cm³/mol. The maximum atomic E-state index is 13.1. The molecule has 0 heterocycles. The van der Waals surface area contributed by atoms with Gasteiger partial charge >= 0.3 is 5.97 Å². The van der Waals surface area contributed by atoms with Gasteiger partial charge in [0.05, 0.1) is 5.92 Å². The van der Waals surface area contributed by atoms with Crippen LogP contribution in [0.2, 0.25) is 0 Å². The molecule has 0 spiro atoms. The quantitative estimate of drug-likeness (QED) is 0.558. The molecule has 4 heteroatoms. The SMILES string of the molecule is Cc1ccc(C(=O)COC(=O)[C@@H]2[C@H]3CC[C@@H](C3)[C@@H]2C(=O)c2ccccc2)cc1. The summed E-state index contributed by atoms with van der Waals surface area (Å²) in [6.45, 7) is 1.68. The van der Waals surface area contributed by atoms with Crippen molar-refractivity contribution in [1.82, 2.24) is 0 Å². The number of benzene rings is 2. The standard InChI is InChI=1S/C24H24O4/c1-15-7-9-16(10-8-15)20(25)14-28-24(27)22-19-12-11-18(13-19)21(22)23(26)17-5-3-2-4-6-17/h2-10,18-19,21-22H,11-14H2,1H3/t18-,19-,21-,22+/m0/s1. The fourth-order valence-corrected chi connectivity index (χ4v) is 4.86. The van der Waals surface area contributed by atoms with Crippen LogP contribution in [0.5, 0.6) is 0 Å². The average molecular weight is 376 g/mol. The fraction of sp³-hybridized carbons (Fsp3) is 0.375. The first-order valence-electron chi connectivity index (χ1n) is 9.90. The molecule has 0 aromatic heterocycles. The van der Waals surface area contributed by atoms with E-state index in [1.165, 1.54) is 0 Å². The van der Waals surface area contributed by atoms with E-state index in [0.29, 0.717) is 11.1 Å². The van der Waals surface area contributed by atoms with Crippen molar-refractivity contribution >= 4 is 17.5 Å². The Labute approximate surface area is 164 Å². The van der Waals surface area contributed by atoms with Gasteiger partial charge in [-0.2, -0.15) is 0 Å². The lowest BCUT2D eigenvalue weighted by molar-refractivity contribution is -0.150. The summed E-state index contributed by atoms with van der Waals surface area (Å²) in [5, 5.41) is 0. The lowest BCUT2D eigenvalue weighted by atomic mass is 9.75. The van der Waals surface area contributed by atoms with Crippen molar-refractivity contribution in [3.05, 3.63) is 71.3 Å². The number of fused-ring (bicyclic) bond motifs is 2. The third-order valence-electron chi connectivity index (χ3n) is 6.27. The minimum Gasteiger partial charge on any atom is -0.457 e. The third-order valence-corrected chi connectivity index (χ3v) is 6.27. The fourth-order valence-electron chi connectivity index (χ4n) is 4.86. The van der Waals surface area contributed by atoms with E-state index in [4.69, 9.17) is 4.74 Å². The van der Waals surface area contributed by atoms with Crippen LogP contribution in [0.1, 0.15) is 45.5 Å². The van der Waals surface area contributed by atoms with Gasteiger partial charge in [-0.1, -0.05) is 60.2 Å². The van der Waals surface area contributed by atoms with Crippen LogP contribution in [-0.2, 0) is 9.53 Å². The maximum Gasteiger partial charge on any atom is 0.310 e. The topological polar surface area (TPSA) is 60.4 Å². The Hall–Kier alpha value is -2.75. The van der Waals surface area contributed by atoms with Crippen LogP contribution in [0.15, 0.2) is 54.6 Å². The van der Waals surface area contributed by atoms with E-state index in [1.807, 2.05) is 37.3 Å². The van der Waals surface area contributed by atoms with E-state index in [2.05, 4.69) is 0 Å². The number of carbonyl (C=O) groups excluding carboxylic acids is 3. The summed E-state index contributed by atoms with van der Waals surface area (Å²) in [4.78, 5) is 38.2. The second-order valence-electron chi connectivity index (χ2n) is 8.01. The Kier molecular flexibility index (Phi) is 5.12. The van der Waals surface area contributed by atoms with E-state index >= 15 is 0 Å². The van der Waals surface area contributed by atoms with Gasteiger partial charge in [-0.15, -0.1) is 0 Å². The summed E-state index contributed by atoms with van der Waals surface area (Å²) in [6.07, 6.45) is 2.84. The molecule has 2 aliphatic rings. The van der Waals surface area contributed by atoms with Gasteiger partial charge in [0.1, 0.15) is 0 Å². The number of Topliss-reactive ketones (excluding diaryl/α,β-unsaturated/α-hetero) is 2. The second-order valence-corrected chi connectivity index (χ2v) is 8.01. The van der Waals surface area contributed by atoms with Crippen LogP contribution in [0.3, 0.4) is 0 Å². The zero-order chi connectivity index (χ0) is 19.7. The predicted octanol–water partition coefficient (Wildman–Crippen LogP) is 4.27. The van der Waals surface area contributed by atoms with Gasteiger partial charge in [-0.05, 0) is 38.0 Å². The summed E-state index contributed by atoms with van der Waals surface area (Å²) in [5.41, 5.74) is 2.25. The average Bonchev–Trinajstić information content (AvgIpc) is 3.34. The molecule has 2 aliphatic carbocycles. The van der Waals surface area contributed by atoms with E-state index in [0.717, 1.165) is 24.8 Å². The van der Waals surface area contributed by atoms with E-state index in [9.17, 15) is 14.4 Å². The van der Waals surface area contributed by atoms with Crippen LogP contribution in [0.4, 0.5) is 0 Å². The first-order valence-corrected chi connectivity index (χ1v) is 9.90. The van der Waals surface area contributed by atoms with Crippen molar-refractivity contribution in [2.24, 2.45) is 23.7 Å². The molecular weight excluding hydrogens is 352 g/mol. The Morgan fingerprint density at radius 3 is 2.18 bits per heavy atom. The number of aryl methyl sites for hydroxylation is 1. The van der Waals surface area contributed by atoms with Crippen molar-refractivity contribution < 1.29 is 19.1 Å². The summed E-state index contributed by atoms with van der Waals surface area (Å²) in [7, 11) is 0. The number of rotatable bonds is 6. The Morgan fingerprint density at radius 1 is 0.857 bits per heavy atom. The number of carbonyl (C=O) groups is 3. The molecule has 28 heavy (non-hydrogen) atoms. The molecule has 2 saturated carbocycles. The Balaban J connectivity index is 1.45. The number of ketones is 2. The molecule has 0 aliphatic heterocycles. The zero-order valence-electron chi connectivity index (χ0n) is 16.0. The summed E-state index contributed by atoms with van der Waals surface area (Å²) in [5.74, 6) is -0.933. The molecule has 2 aromatic carbocycles. The Morgan fingerprint density at radius 2 is 1.50 bits per heavy atom. The minimum absolute atomic E-state index is 0.0274. The summed E-state index contributed by atoms with van der Waals surface area (Å²) in [6, 6.07) is 16.4. The highest BCUT2D eigenvalue weighted by Crippen LogP contribution is 2.53. The first kappa shape index (κ1) is 18.6. The van der Waals surface area contributed by atoms with Gasteiger partial charge in [0.15, 0.2) is 18.2 Å². The van der Waals surface area contributed by atoms with Gasteiger partial charge in [-0.25, -0.2) is 0 Å². The van der Waals surface area contributed by atoms with Crippen molar-refractivity contribution in [2.75, 3.05) is 6.61 Å². The van der Waals surface area contributed by atoms with Crippen LogP contribution in [-0.4, -0.2) is 24.1 Å². The van der Waals surface area contributed by atoms with Gasteiger partial charge < -0.3 is 4.74 Å². The molecule has 144 valence electrons. The molecule has 2 aromatic rings. The molecule has 0 amide bonds. The van der Waals surface area contributed by atoms with Crippen LogP contribution >= 0.6 is 0 Å². The smallest absolute Gasteiger partial charge is 0.310 e. The molecule has 2 fully saturated rings. The maximum absolute atomic E-state index is 13.1. The number of ether oxygens (including phenoxy) is 1. The highest BCUT2D eigenvalue weighted by molar-refractivity contribution is 6.01. The molecule has 4 nitrogen and oxygen atoms in total. The second kappa shape index (κ2) is 7.70. The first-order chi connectivity index (χ1) is 13.5. The lowest BCUT2D eigenvalue weighted by Crippen LogP contribution is -2.36. The number of hydrogen-bond acceptors (Lipinski definition) is 4. The molecule has 0 saturated heterocycles. The largest absolute Gasteiger partial charge is 0.457 e. The molecule has 0 N–H and O–H groups in total. The molecule has 4 atom stereocenters. The van der Waals surface area contributed by atoms with E-state index < -0.39 is 11.9 Å². The van der Waals surface area contributed by atoms with E-state index in [-0.39, 0.29) is 35.9 Å². The summed E-state index contributed by atoms with van der Waals surface area (Å²) >= 11 is 0. The zero-order valence-corrected chi connectivity index (χ0v) is 16.0. The monoisotopic (exact) mass is 376 g/mol. The van der Waals surface area contributed by atoms with Gasteiger partial charge in [0, 0.05) is 17.0 Å². The van der Waals surface area contributed by atoms with Gasteiger partial charge in [0.2, 0.25) is 0 Å². The van der Waals surface area contributed by atoms with Crippen LogP contribution in [0.25, 0.3) is 0 Å². The third kappa shape index (κ3) is 3.51. The van der Waals surface area contributed by atoms with Crippen LogP contribution < -0.4 is 0 Å². The van der Waals surface area contributed by atoms with E-state index in [1.54, 1.807) is 24.3 Å². The molecule has 4 rings (SSSR count). The van der Waals surface area contributed by atoms with Crippen LogP contribution in [0, 0.1) is 30.6 Å². The van der Waals surface area contributed by atoms with Gasteiger partial charge in [-0.3, -0.25) is 14.4 Å². The van der Waals surface area contributed by atoms with Gasteiger partial charge in [0.25, 0.3) is 0 Å². The molecule has 0 radical (unpaired) electrons. The molecule has 2 bridgehead atoms. The normalized spacial score (nSPS) is 25.5. The molecule has 0 unspecified atom stereocenters. The number of hydrogen-bond donors (Lipinski definition) is 0. The van der Waals surface area contributed by atoms with Crippen molar-refractivity contribution in [3.63, 3.8) is 0 Å². The molecular formula is C24H24O4. The number of esters is 1. The summed E-state index contributed by atoms with van der Waals surface area (Å²) < 4.78 is 5.40.